The first kappa shape index (κ1) is 15.9. The van der Waals surface area contributed by atoms with E-state index in [9.17, 15) is 4.79 Å². The van der Waals surface area contributed by atoms with Crippen molar-refractivity contribution in [3.05, 3.63) is 70.5 Å². The van der Waals surface area contributed by atoms with Crippen molar-refractivity contribution >= 4 is 11.6 Å². The molecular weight excluding hydrogens is 300 g/mol. The average Bonchev–Trinajstić information content (AvgIpc) is 2.94. The molecule has 3 rings (SSSR count). The maximum absolute atomic E-state index is 12.5. The molecule has 0 bridgehead atoms. The van der Waals surface area contributed by atoms with E-state index < -0.39 is 0 Å². The molecule has 2 aromatic carbocycles. The van der Waals surface area contributed by atoms with Crippen LogP contribution < -0.4 is 5.32 Å². The van der Waals surface area contributed by atoms with E-state index in [-0.39, 0.29) is 5.91 Å². The molecule has 0 unspecified atom stereocenters. The Hall–Kier alpha value is -2.95. The van der Waals surface area contributed by atoms with Crippen molar-refractivity contribution in [1.82, 2.24) is 15.0 Å². The maximum atomic E-state index is 12.5. The van der Waals surface area contributed by atoms with Crippen LogP contribution in [0.1, 0.15) is 32.9 Å². The van der Waals surface area contributed by atoms with E-state index in [1.54, 1.807) is 4.68 Å². The molecule has 0 saturated carbocycles. The molecule has 0 saturated heterocycles. The molecule has 0 spiro atoms. The number of aromatic nitrogens is 3. The molecule has 0 aliphatic carbocycles. The van der Waals surface area contributed by atoms with Crippen LogP contribution in [0.25, 0.3) is 5.69 Å². The Morgan fingerprint density at radius 2 is 1.71 bits per heavy atom. The van der Waals surface area contributed by atoms with Gasteiger partial charge in [-0.05, 0) is 62.6 Å². The number of para-hydroxylation sites is 1. The van der Waals surface area contributed by atoms with E-state index in [1.807, 2.05) is 56.3 Å². The molecule has 3 aromatic rings. The van der Waals surface area contributed by atoms with Crippen LogP contribution in [-0.2, 0) is 0 Å². The van der Waals surface area contributed by atoms with Gasteiger partial charge in [-0.3, -0.25) is 4.79 Å². The molecule has 0 atom stereocenters. The normalized spacial score (nSPS) is 10.7. The highest BCUT2D eigenvalue weighted by Crippen LogP contribution is 2.18. The van der Waals surface area contributed by atoms with Crippen molar-refractivity contribution in [2.24, 2.45) is 0 Å². The van der Waals surface area contributed by atoms with Gasteiger partial charge in [0.15, 0.2) is 5.69 Å². The number of rotatable bonds is 3. The second-order valence-corrected chi connectivity index (χ2v) is 5.97. The first-order chi connectivity index (χ1) is 11.5. The van der Waals surface area contributed by atoms with Crippen LogP contribution in [0.2, 0.25) is 0 Å². The second kappa shape index (κ2) is 6.28. The minimum absolute atomic E-state index is 0.253. The van der Waals surface area contributed by atoms with Crippen molar-refractivity contribution in [3.63, 3.8) is 0 Å². The summed E-state index contributed by atoms with van der Waals surface area (Å²) < 4.78 is 1.69. The maximum Gasteiger partial charge on any atom is 0.278 e. The van der Waals surface area contributed by atoms with Gasteiger partial charge in [0.1, 0.15) is 0 Å². The fourth-order valence-corrected chi connectivity index (χ4v) is 2.54. The van der Waals surface area contributed by atoms with E-state index in [0.717, 1.165) is 16.9 Å². The lowest BCUT2D eigenvalue weighted by Crippen LogP contribution is -2.15. The minimum Gasteiger partial charge on any atom is -0.320 e. The molecule has 0 aliphatic rings. The molecule has 0 radical (unpaired) electrons. The Balaban J connectivity index is 1.91. The van der Waals surface area contributed by atoms with Crippen molar-refractivity contribution in [3.8, 4) is 5.69 Å². The number of hydrogen-bond donors (Lipinski definition) is 1. The summed E-state index contributed by atoms with van der Waals surface area (Å²) in [5.41, 5.74) is 6.12. The Labute approximate surface area is 141 Å². The van der Waals surface area contributed by atoms with E-state index in [2.05, 4.69) is 29.5 Å². The van der Waals surface area contributed by atoms with Crippen LogP contribution in [-0.4, -0.2) is 20.9 Å². The summed E-state index contributed by atoms with van der Waals surface area (Å²) >= 11 is 0. The third kappa shape index (κ3) is 2.93. The highest BCUT2D eigenvalue weighted by Gasteiger charge is 2.18. The lowest BCUT2D eigenvalue weighted by Gasteiger charge is -2.08. The van der Waals surface area contributed by atoms with Crippen molar-refractivity contribution < 1.29 is 4.79 Å². The topological polar surface area (TPSA) is 59.8 Å². The Morgan fingerprint density at radius 1 is 0.958 bits per heavy atom. The molecule has 122 valence electrons. The second-order valence-electron chi connectivity index (χ2n) is 5.97. The summed E-state index contributed by atoms with van der Waals surface area (Å²) in [7, 11) is 0. The van der Waals surface area contributed by atoms with Gasteiger partial charge in [0, 0.05) is 5.69 Å². The molecule has 24 heavy (non-hydrogen) atoms. The van der Waals surface area contributed by atoms with Gasteiger partial charge in [-0.2, -0.15) is 0 Å². The van der Waals surface area contributed by atoms with Crippen LogP contribution in [0.15, 0.2) is 42.5 Å². The lowest BCUT2D eigenvalue weighted by atomic mass is 10.1. The zero-order chi connectivity index (χ0) is 17.3. The van der Waals surface area contributed by atoms with E-state index in [0.29, 0.717) is 11.4 Å². The predicted molar refractivity (Wildman–Crippen MR) is 94.7 cm³/mol. The molecule has 0 fully saturated rings. The number of carbonyl (C=O) groups excluding carboxylic acids is 1. The smallest absolute Gasteiger partial charge is 0.278 e. The predicted octanol–water partition coefficient (Wildman–Crippen LogP) is 3.75. The zero-order valence-electron chi connectivity index (χ0n) is 14.3. The Bertz CT molecular complexity index is 911. The first-order valence-corrected chi connectivity index (χ1v) is 7.84. The van der Waals surface area contributed by atoms with Crippen LogP contribution in [0.5, 0.6) is 0 Å². The summed E-state index contributed by atoms with van der Waals surface area (Å²) in [6.45, 7) is 7.92. The number of nitrogens with one attached hydrogen (secondary N) is 1. The van der Waals surface area contributed by atoms with Crippen molar-refractivity contribution in [2.75, 3.05) is 5.32 Å². The lowest BCUT2D eigenvalue weighted by molar-refractivity contribution is 0.102. The molecule has 1 heterocycles. The average molecular weight is 320 g/mol. The molecular formula is C19H20N4O. The van der Waals surface area contributed by atoms with Gasteiger partial charge in [-0.25, -0.2) is 4.68 Å². The van der Waals surface area contributed by atoms with Gasteiger partial charge >= 0.3 is 0 Å². The molecule has 1 aromatic heterocycles. The number of hydrogen-bond acceptors (Lipinski definition) is 3. The minimum atomic E-state index is -0.253. The summed E-state index contributed by atoms with van der Waals surface area (Å²) in [6, 6.07) is 13.7. The van der Waals surface area contributed by atoms with Gasteiger partial charge < -0.3 is 5.32 Å². The summed E-state index contributed by atoms with van der Waals surface area (Å²) in [5, 5.41) is 11.1. The van der Waals surface area contributed by atoms with Gasteiger partial charge in [0.25, 0.3) is 5.91 Å². The van der Waals surface area contributed by atoms with Crippen molar-refractivity contribution in [2.45, 2.75) is 27.7 Å². The van der Waals surface area contributed by atoms with Crippen molar-refractivity contribution in [1.29, 1.82) is 0 Å². The van der Waals surface area contributed by atoms with Gasteiger partial charge in [-0.15, -0.1) is 5.10 Å². The SMILES string of the molecule is Cc1ccc(-n2nnc(C(=O)Nc3ccccc3C)c2C)cc1C. The van der Waals surface area contributed by atoms with E-state index in [1.165, 1.54) is 11.1 Å². The van der Waals surface area contributed by atoms with Gasteiger partial charge in [0.05, 0.1) is 11.4 Å². The molecule has 5 heteroatoms. The number of aryl methyl sites for hydroxylation is 3. The first-order valence-electron chi connectivity index (χ1n) is 7.84. The molecule has 0 aliphatic heterocycles. The third-order valence-corrected chi connectivity index (χ3v) is 4.24. The quantitative estimate of drug-likeness (QED) is 0.799. The molecule has 1 N–H and O–H groups in total. The van der Waals surface area contributed by atoms with Gasteiger partial charge in [0.2, 0.25) is 0 Å². The third-order valence-electron chi connectivity index (χ3n) is 4.24. The standard InChI is InChI=1S/C19H20N4O/c1-12-9-10-16(11-14(12)3)23-15(4)18(21-22-23)19(24)20-17-8-6-5-7-13(17)2/h5-11H,1-4H3,(H,20,24). The largest absolute Gasteiger partial charge is 0.320 e. The Kier molecular flexibility index (Phi) is 4.16. The zero-order valence-corrected chi connectivity index (χ0v) is 14.3. The number of nitrogens with zero attached hydrogens (tertiary/aromatic N) is 3. The summed E-state index contributed by atoms with van der Waals surface area (Å²) in [5.74, 6) is -0.253. The molecule has 1 amide bonds. The monoisotopic (exact) mass is 320 g/mol. The number of benzene rings is 2. The number of carbonyl (C=O) groups is 1. The summed E-state index contributed by atoms with van der Waals surface area (Å²) in [4.78, 5) is 12.5. The summed E-state index contributed by atoms with van der Waals surface area (Å²) in [6.07, 6.45) is 0. The van der Waals surface area contributed by atoms with Crippen LogP contribution >= 0.6 is 0 Å². The van der Waals surface area contributed by atoms with Crippen LogP contribution in [0.4, 0.5) is 5.69 Å². The van der Waals surface area contributed by atoms with Gasteiger partial charge in [-0.1, -0.05) is 29.5 Å². The fraction of sp³-hybridized carbons (Fsp3) is 0.211. The Morgan fingerprint density at radius 3 is 2.42 bits per heavy atom. The molecule has 5 nitrogen and oxygen atoms in total. The van der Waals surface area contributed by atoms with E-state index >= 15 is 0 Å². The highest BCUT2D eigenvalue weighted by molar-refractivity contribution is 6.03. The fourth-order valence-electron chi connectivity index (χ4n) is 2.54. The van der Waals surface area contributed by atoms with Crippen LogP contribution in [0.3, 0.4) is 0 Å². The number of amides is 1. The number of anilines is 1. The van der Waals surface area contributed by atoms with E-state index in [4.69, 9.17) is 0 Å². The van der Waals surface area contributed by atoms with Crippen LogP contribution in [0, 0.1) is 27.7 Å². The highest BCUT2D eigenvalue weighted by atomic mass is 16.2.